The molecular weight excluding hydrogens is 230 g/mol. The third-order valence-electron chi connectivity index (χ3n) is 3.12. The molecule has 2 N–H and O–H groups in total. The van der Waals surface area contributed by atoms with Crippen molar-refractivity contribution in [1.29, 1.82) is 0 Å². The number of aliphatic hydroxyl groups excluding tert-OH is 1. The fourth-order valence-electron chi connectivity index (χ4n) is 1.76. The highest BCUT2D eigenvalue weighted by Gasteiger charge is 2.49. The van der Waals surface area contributed by atoms with Crippen LogP contribution in [-0.2, 0) is 4.79 Å². The first-order chi connectivity index (χ1) is 8.55. The molecule has 0 aliphatic heterocycles. The third kappa shape index (κ3) is 2.82. The topological polar surface area (TPSA) is 58.6 Å². The molecule has 4 nitrogen and oxygen atoms in total. The average molecular weight is 249 g/mol. The van der Waals surface area contributed by atoms with Crippen molar-refractivity contribution in [2.24, 2.45) is 5.41 Å². The Bertz CT molecular complexity index is 421. The van der Waals surface area contributed by atoms with E-state index in [1.807, 2.05) is 38.1 Å². The molecule has 1 aliphatic carbocycles. The summed E-state index contributed by atoms with van der Waals surface area (Å²) in [6.07, 6.45) is 1.67. The van der Waals surface area contributed by atoms with E-state index in [0.29, 0.717) is 0 Å². The zero-order valence-corrected chi connectivity index (χ0v) is 10.8. The normalized spacial score (nSPS) is 16.4. The number of hydrogen-bond donors (Lipinski definition) is 2. The van der Waals surface area contributed by atoms with Gasteiger partial charge in [0.2, 0.25) is 5.91 Å². The lowest BCUT2D eigenvalue weighted by molar-refractivity contribution is -0.122. The zero-order chi connectivity index (χ0) is 13.2. The van der Waals surface area contributed by atoms with E-state index in [-0.39, 0.29) is 18.6 Å². The first kappa shape index (κ1) is 12.9. The fraction of sp³-hybridized carbons (Fsp3) is 0.500. The van der Waals surface area contributed by atoms with Crippen molar-refractivity contribution >= 4 is 11.6 Å². The number of benzene rings is 1. The van der Waals surface area contributed by atoms with E-state index >= 15 is 0 Å². The van der Waals surface area contributed by atoms with Gasteiger partial charge in [-0.1, -0.05) is 0 Å². The molecule has 1 fully saturated rings. The Kier molecular flexibility index (Phi) is 3.57. The predicted molar refractivity (Wildman–Crippen MR) is 69.6 cm³/mol. The average Bonchev–Trinajstić information content (AvgIpc) is 3.12. The van der Waals surface area contributed by atoms with Gasteiger partial charge < -0.3 is 15.2 Å². The van der Waals surface area contributed by atoms with Crippen molar-refractivity contribution in [3.63, 3.8) is 0 Å². The highest BCUT2D eigenvalue weighted by atomic mass is 16.5. The summed E-state index contributed by atoms with van der Waals surface area (Å²) in [5.41, 5.74) is 0.198. The summed E-state index contributed by atoms with van der Waals surface area (Å²) in [4.78, 5) is 11.9. The maximum absolute atomic E-state index is 11.9. The van der Waals surface area contributed by atoms with Gasteiger partial charge in [-0.05, 0) is 51.0 Å². The zero-order valence-electron chi connectivity index (χ0n) is 10.8. The van der Waals surface area contributed by atoms with Crippen LogP contribution in [0.4, 0.5) is 5.69 Å². The molecule has 1 aromatic carbocycles. The molecule has 0 saturated heterocycles. The van der Waals surface area contributed by atoms with Crippen LogP contribution in [0.3, 0.4) is 0 Å². The molecule has 1 aliphatic rings. The highest BCUT2D eigenvalue weighted by molar-refractivity contribution is 5.97. The summed E-state index contributed by atoms with van der Waals surface area (Å²) in [5, 5.41) is 12.0. The number of ether oxygens (including phenoxy) is 1. The van der Waals surface area contributed by atoms with Crippen LogP contribution in [0.2, 0.25) is 0 Å². The van der Waals surface area contributed by atoms with Gasteiger partial charge in [-0.15, -0.1) is 0 Å². The van der Waals surface area contributed by atoms with Crippen LogP contribution in [0, 0.1) is 5.41 Å². The minimum atomic E-state index is -0.535. The molecule has 98 valence electrons. The second kappa shape index (κ2) is 4.98. The van der Waals surface area contributed by atoms with E-state index in [2.05, 4.69) is 5.32 Å². The molecule has 1 aromatic rings. The van der Waals surface area contributed by atoms with Gasteiger partial charge in [-0.3, -0.25) is 4.79 Å². The van der Waals surface area contributed by atoms with Crippen LogP contribution < -0.4 is 10.1 Å². The Balaban J connectivity index is 1.96. The SMILES string of the molecule is CC(C)Oc1ccc(NC(=O)C2(CO)CC2)cc1. The number of hydrogen-bond acceptors (Lipinski definition) is 3. The molecule has 18 heavy (non-hydrogen) atoms. The first-order valence-electron chi connectivity index (χ1n) is 6.25. The third-order valence-corrected chi connectivity index (χ3v) is 3.12. The van der Waals surface area contributed by atoms with Crippen LogP contribution in [0.25, 0.3) is 0 Å². The Morgan fingerprint density at radius 2 is 2.00 bits per heavy atom. The van der Waals surface area contributed by atoms with Gasteiger partial charge in [0.1, 0.15) is 5.75 Å². The lowest BCUT2D eigenvalue weighted by Gasteiger charge is -2.13. The molecule has 0 radical (unpaired) electrons. The molecule has 2 rings (SSSR count). The molecule has 0 bridgehead atoms. The van der Waals surface area contributed by atoms with E-state index in [9.17, 15) is 4.79 Å². The monoisotopic (exact) mass is 249 g/mol. The summed E-state index contributed by atoms with van der Waals surface area (Å²) in [6.45, 7) is 3.86. The maximum atomic E-state index is 11.9. The largest absolute Gasteiger partial charge is 0.491 e. The Morgan fingerprint density at radius 3 is 2.44 bits per heavy atom. The number of amides is 1. The summed E-state index contributed by atoms with van der Waals surface area (Å²) in [7, 11) is 0. The van der Waals surface area contributed by atoms with E-state index in [1.165, 1.54) is 0 Å². The predicted octanol–water partition coefficient (Wildman–Crippen LogP) is 2.18. The number of aliphatic hydroxyl groups is 1. The smallest absolute Gasteiger partial charge is 0.232 e. The number of nitrogens with one attached hydrogen (secondary N) is 1. The number of rotatable bonds is 5. The second-order valence-electron chi connectivity index (χ2n) is 5.08. The van der Waals surface area contributed by atoms with E-state index < -0.39 is 5.41 Å². The molecule has 1 saturated carbocycles. The van der Waals surface area contributed by atoms with E-state index in [1.54, 1.807) is 0 Å². The van der Waals surface area contributed by atoms with Gasteiger partial charge in [0.15, 0.2) is 0 Å². The Hall–Kier alpha value is -1.55. The summed E-state index contributed by atoms with van der Waals surface area (Å²) < 4.78 is 5.52. The lowest BCUT2D eigenvalue weighted by atomic mass is 10.1. The number of carbonyl (C=O) groups is 1. The van der Waals surface area contributed by atoms with E-state index in [0.717, 1.165) is 24.3 Å². The van der Waals surface area contributed by atoms with E-state index in [4.69, 9.17) is 9.84 Å². The number of anilines is 1. The molecule has 1 amide bonds. The van der Waals surface area contributed by atoms with Crippen molar-refractivity contribution in [2.75, 3.05) is 11.9 Å². The van der Waals surface area contributed by atoms with Crippen molar-refractivity contribution in [2.45, 2.75) is 32.8 Å². The van der Waals surface area contributed by atoms with Crippen LogP contribution in [0.15, 0.2) is 24.3 Å². The quantitative estimate of drug-likeness (QED) is 0.841. The van der Waals surface area contributed by atoms with Gasteiger partial charge in [0.05, 0.1) is 18.1 Å². The summed E-state index contributed by atoms with van der Waals surface area (Å²) in [6, 6.07) is 7.27. The van der Waals surface area contributed by atoms with Crippen molar-refractivity contribution in [1.82, 2.24) is 0 Å². The van der Waals surface area contributed by atoms with Crippen LogP contribution in [0.5, 0.6) is 5.75 Å². The Morgan fingerprint density at radius 1 is 1.39 bits per heavy atom. The minimum Gasteiger partial charge on any atom is -0.491 e. The molecular formula is C14H19NO3. The molecule has 0 heterocycles. The summed E-state index contributed by atoms with van der Waals surface area (Å²) in [5.74, 6) is 0.689. The van der Waals surface area contributed by atoms with Gasteiger partial charge in [0, 0.05) is 5.69 Å². The van der Waals surface area contributed by atoms with Gasteiger partial charge in [0.25, 0.3) is 0 Å². The van der Waals surface area contributed by atoms with Crippen LogP contribution >= 0.6 is 0 Å². The minimum absolute atomic E-state index is 0.0760. The first-order valence-corrected chi connectivity index (χ1v) is 6.25. The summed E-state index contributed by atoms with van der Waals surface area (Å²) >= 11 is 0. The molecule has 0 unspecified atom stereocenters. The molecule has 0 aromatic heterocycles. The fourth-order valence-corrected chi connectivity index (χ4v) is 1.76. The van der Waals surface area contributed by atoms with Crippen molar-refractivity contribution in [3.05, 3.63) is 24.3 Å². The molecule has 4 heteroatoms. The van der Waals surface area contributed by atoms with Crippen LogP contribution in [0.1, 0.15) is 26.7 Å². The van der Waals surface area contributed by atoms with Crippen LogP contribution in [-0.4, -0.2) is 23.7 Å². The standard InChI is InChI=1S/C14H19NO3/c1-10(2)18-12-5-3-11(4-6-12)15-13(17)14(9-16)7-8-14/h3-6,10,16H,7-9H2,1-2H3,(H,15,17). The van der Waals surface area contributed by atoms with Gasteiger partial charge >= 0.3 is 0 Å². The van der Waals surface area contributed by atoms with Crippen molar-refractivity contribution in [3.8, 4) is 5.75 Å². The maximum Gasteiger partial charge on any atom is 0.232 e. The van der Waals surface area contributed by atoms with Crippen molar-refractivity contribution < 1.29 is 14.6 Å². The van der Waals surface area contributed by atoms with Gasteiger partial charge in [-0.2, -0.15) is 0 Å². The van der Waals surface area contributed by atoms with Gasteiger partial charge in [-0.25, -0.2) is 0 Å². The Labute approximate surface area is 107 Å². The number of carbonyl (C=O) groups excluding carboxylic acids is 1. The molecule has 0 spiro atoms. The molecule has 0 atom stereocenters. The highest BCUT2D eigenvalue weighted by Crippen LogP contribution is 2.45. The lowest BCUT2D eigenvalue weighted by Crippen LogP contribution is -2.27. The second-order valence-corrected chi connectivity index (χ2v) is 5.08.